The van der Waals surface area contributed by atoms with E-state index in [4.69, 9.17) is 0 Å². The highest BCUT2D eigenvalue weighted by Gasteiger charge is 2.38. The number of carbonyl (C=O) groups excluding carboxylic acids is 2. The van der Waals surface area contributed by atoms with Gasteiger partial charge in [0.2, 0.25) is 11.8 Å². The maximum Gasteiger partial charge on any atom is 0.230 e. The molecule has 2 amide bonds. The number of hydrogen-bond donors (Lipinski definition) is 2. The van der Waals surface area contributed by atoms with Crippen LogP contribution in [0.15, 0.2) is 18.2 Å². The van der Waals surface area contributed by atoms with Crippen molar-refractivity contribution in [1.29, 1.82) is 0 Å². The molecule has 1 atom stereocenters. The van der Waals surface area contributed by atoms with Gasteiger partial charge in [-0.05, 0) is 31.9 Å². The molecule has 6 nitrogen and oxygen atoms in total. The number of aryl methyl sites for hydroxylation is 1. The minimum Gasteiger partial charge on any atom is -0.339 e. The largest absolute Gasteiger partial charge is 0.339 e. The van der Waals surface area contributed by atoms with Gasteiger partial charge in [-0.15, -0.1) is 11.3 Å². The summed E-state index contributed by atoms with van der Waals surface area (Å²) in [6.45, 7) is 2.59. The van der Waals surface area contributed by atoms with Crippen molar-refractivity contribution in [2.75, 3.05) is 11.9 Å². The molecule has 2 aliphatic rings. The van der Waals surface area contributed by atoms with Gasteiger partial charge in [0.15, 0.2) is 5.82 Å². The highest BCUT2D eigenvalue weighted by Crippen LogP contribution is 2.31. The SMILES string of the molecule is Cc1ccc(-c2cc(NC(=O)C3CC(=O)N(C4CCCC4)C3)n[nH]2)s1. The van der Waals surface area contributed by atoms with Crippen LogP contribution in [0.1, 0.15) is 37.0 Å². The van der Waals surface area contributed by atoms with E-state index in [0.717, 1.165) is 23.4 Å². The normalized spacial score (nSPS) is 21.2. The number of nitrogens with one attached hydrogen (secondary N) is 2. The Balaban J connectivity index is 1.39. The van der Waals surface area contributed by atoms with Gasteiger partial charge in [0, 0.05) is 30.0 Å². The third kappa shape index (κ3) is 3.33. The standard InChI is InChI=1S/C18H22N4O2S/c1-11-6-7-15(25-11)14-9-16(21-20-14)19-18(24)12-8-17(23)22(10-12)13-4-2-3-5-13/h6-7,9,12-13H,2-5,8,10H2,1H3,(H2,19,20,21,24). The van der Waals surface area contributed by atoms with E-state index in [0.29, 0.717) is 24.8 Å². The van der Waals surface area contributed by atoms with Gasteiger partial charge >= 0.3 is 0 Å². The number of carbonyl (C=O) groups is 2. The van der Waals surface area contributed by atoms with E-state index >= 15 is 0 Å². The van der Waals surface area contributed by atoms with Crippen LogP contribution >= 0.6 is 11.3 Å². The second-order valence-corrected chi connectivity index (χ2v) is 8.24. The smallest absolute Gasteiger partial charge is 0.230 e. The van der Waals surface area contributed by atoms with Crippen molar-refractivity contribution in [2.45, 2.75) is 45.1 Å². The molecule has 0 spiro atoms. The Morgan fingerprint density at radius 2 is 2.16 bits per heavy atom. The first-order valence-corrected chi connectivity index (χ1v) is 9.64. The number of nitrogens with zero attached hydrogens (tertiary/aromatic N) is 2. The molecule has 7 heteroatoms. The van der Waals surface area contributed by atoms with Gasteiger partial charge in [-0.2, -0.15) is 5.10 Å². The lowest BCUT2D eigenvalue weighted by atomic mass is 10.1. The Hall–Kier alpha value is -2.15. The summed E-state index contributed by atoms with van der Waals surface area (Å²) in [6.07, 6.45) is 4.82. The minimum atomic E-state index is -0.280. The average Bonchev–Trinajstić information content (AvgIpc) is 3.32. The zero-order valence-electron chi connectivity index (χ0n) is 14.2. The fraction of sp³-hybridized carbons (Fsp3) is 0.500. The van der Waals surface area contributed by atoms with Crippen molar-refractivity contribution in [1.82, 2.24) is 15.1 Å². The van der Waals surface area contributed by atoms with Crippen LogP contribution in [0.2, 0.25) is 0 Å². The predicted molar refractivity (Wildman–Crippen MR) is 97.3 cm³/mol. The van der Waals surface area contributed by atoms with Crippen molar-refractivity contribution in [3.8, 4) is 10.6 Å². The van der Waals surface area contributed by atoms with Crippen molar-refractivity contribution < 1.29 is 9.59 Å². The molecule has 1 aliphatic heterocycles. The molecule has 3 heterocycles. The number of H-pyrrole nitrogens is 1. The van der Waals surface area contributed by atoms with E-state index in [9.17, 15) is 9.59 Å². The van der Waals surface area contributed by atoms with Gasteiger partial charge in [-0.1, -0.05) is 12.8 Å². The first-order valence-electron chi connectivity index (χ1n) is 8.82. The fourth-order valence-electron chi connectivity index (χ4n) is 3.80. The molecule has 1 aliphatic carbocycles. The van der Waals surface area contributed by atoms with Crippen molar-refractivity contribution in [3.63, 3.8) is 0 Å². The van der Waals surface area contributed by atoms with E-state index in [-0.39, 0.29) is 17.7 Å². The van der Waals surface area contributed by atoms with Crippen LogP contribution in [-0.4, -0.2) is 39.5 Å². The topological polar surface area (TPSA) is 78.1 Å². The third-order valence-corrected chi connectivity index (χ3v) is 6.16. The monoisotopic (exact) mass is 358 g/mol. The Kier molecular flexibility index (Phi) is 4.33. The van der Waals surface area contributed by atoms with E-state index in [1.54, 1.807) is 11.3 Å². The molecule has 1 unspecified atom stereocenters. The number of rotatable bonds is 4. The fourth-order valence-corrected chi connectivity index (χ4v) is 4.63. The summed E-state index contributed by atoms with van der Waals surface area (Å²) in [6, 6.07) is 6.27. The van der Waals surface area contributed by atoms with E-state index in [1.807, 2.05) is 17.0 Å². The zero-order chi connectivity index (χ0) is 17.4. The van der Waals surface area contributed by atoms with Crippen LogP contribution in [0.25, 0.3) is 10.6 Å². The lowest BCUT2D eigenvalue weighted by Gasteiger charge is -2.23. The number of likely N-dealkylation sites (tertiary alicyclic amines) is 1. The van der Waals surface area contributed by atoms with Crippen molar-refractivity contribution >= 4 is 29.0 Å². The molecule has 1 saturated carbocycles. The van der Waals surface area contributed by atoms with Gasteiger partial charge in [-0.3, -0.25) is 14.7 Å². The Labute approximate surface area is 150 Å². The van der Waals surface area contributed by atoms with Crippen molar-refractivity contribution in [3.05, 3.63) is 23.1 Å². The molecule has 0 aromatic carbocycles. The molecule has 1 saturated heterocycles. The van der Waals surface area contributed by atoms with Gasteiger partial charge in [-0.25, -0.2) is 0 Å². The number of anilines is 1. The summed E-state index contributed by atoms with van der Waals surface area (Å²) >= 11 is 1.68. The van der Waals surface area contributed by atoms with Crippen molar-refractivity contribution in [2.24, 2.45) is 5.92 Å². The number of amides is 2. The quantitative estimate of drug-likeness (QED) is 0.881. The molecule has 4 rings (SSSR count). The van der Waals surface area contributed by atoms with Crippen LogP contribution in [-0.2, 0) is 9.59 Å². The Morgan fingerprint density at radius 3 is 2.88 bits per heavy atom. The van der Waals surface area contributed by atoms with Crippen LogP contribution in [0, 0.1) is 12.8 Å². The van der Waals surface area contributed by atoms with Crippen LogP contribution < -0.4 is 5.32 Å². The number of aromatic nitrogens is 2. The number of hydrogen-bond acceptors (Lipinski definition) is 4. The van der Waals surface area contributed by atoms with Gasteiger partial charge in [0.05, 0.1) is 16.5 Å². The van der Waals surface area contributed by atoms with E-state index < -0.39 is 0 Å². The summed E-state index contributed by atoms with van der Waals surface area (Å²) in [4.78, 5) is 29.0. The minimum absolute atomic E-state index is 0.115. The summed E-state index contributed by atoms with van der Waals surface area (Å²) in [5.74, 6) is 0.230. The summed E-state index contributed by atoms with van der Waals surface area (Å²) in [7, 11) is 0. The molecular weight excluding hydrogens is 336 g/mol. The second kappa shape index (κ2) is 6.63. The zero-order valence-corrected chi connectivity index (χ0v) is 15.1. The van der Waals surface area contributed by atoms with Gasteiger partial charge < -0.3 is 10.2 Å². The van der Waals surface area contributed by atoms with Crippen LogP contribution in [0.3, 0.4) is 0 Å². The molecule has 0 bridgehead atoms. The van der Waals surface area contributed by atoms with Gasteiger partial charge in [0.25, 0.3) is 0 Å². The Bertz CT molecular complexity index is 791. The van der Waals surface area contributed by atoms with E-state index in [1.165, 1.54) is 17.7 Å². The molecular formula is C18H22N4O2S. The summed E-state index contributed by atoms with van der Waals surface area (Å²) < 4.78 is 0. The highest BCUT2D eigenvalue weighted by atomic mass is 32.1. The first kappa shape index (κ1) is 16.3. The number of thiophene rings is 1. The molecule has 132 valence electrons. The molecule has 2 aromatic rings. The van der Waals surface area contributed by atoms with Gasteiger partial charge in [0.1, 0.15) is 0 Å². The first-order chi connectivity index (χ1) is 12.1. The Morgan fingerprint density at radius 1 is 1.36 bits per heavy atom. The number of aromatic amines is 1. The predicted octanol–water partition coefficient (Wildman–Crippen LogP) is 3.18. The molecule has 2 N–H and O–H groups in total. The highest BCUT2D eigenvalue weighted by molar-refractivity contribution is 7.15. The third-order valence-electron chi connectivity index (χ3n) is 5.13. The summed E-state index contributed by atoms with van der Waals surface area (Å²) in [5.41, 5.74) is 0.892. The lowest BCUT2D eigenvalue weighted by molar-refractivity contribution is -0.129. The molecule has 25 heavy (non-hydrogen) atoms. The van der Waals surface area contributed by atoms with Crippen LogP contribution in [0.5, 0.6) is 0 Å². The maximum absolute atomic E-state index is 12.5. The van der Waals surface area contributed by atoms with Crippen LogP contribution in [0.4, 0.5) is 5.82 Å². The molecule has 0 radical (unpaired) electrons. The second-order valence-electron chi connectivity index (χ2n) is 6.95. The average molecular weight is 358 g/mol. The maximum atomic E-state index is 12.5. The molecule has 2 aromatic heterocycles. The van der Waals surface area contributed by atoms with E-state index in [2.05, 4.69) is 28.5 Å². The lowest BCUT2D eigenvalue weighted by Crippen LogP contribution is -2.35. The molecule has 2 fully saturated rings. The summed E-state index contributed by atoms with van der Waals surface area (Å²) in [5, 5.41) is 10.00.